The van der Waals surface area contributed by atoms with Crippen molar-refractivity contribution in [1.82, 2.24) is 0 Å². The van der Waals surface area contributed by atoms with Gasteiger partial charge in [0.25, 0.3) is 0 Å². The van der Waals surface area contributed by atoms with Crippen LogP contribution in [0.1, 0.15) is 0 Å². The molecule has 0 amide bonds. The van der Waals surface area contributed by atoms with Gasteiger partial charge in [-0.3, -0.25) is 0 Å². The highest BCUT2D eigenvalue weighted by molar-refractivity contribution is 7.91. The molecule has 0 bridgehead atoms. The molecule has 56 valence electrons. The third kappa shape index (κ3) is 1.28. The molecule has 0 radical (unpaired) electrons. The zero-order valence-corrected chi connectivity index (χ0v) is 6.13. The van der Waals surface area contributed by atoms with Gasteiger partial charge >= 0.3 is 0 Å². The summed E-state index contributed by atoms with van der Waals surface area (Å²) in [5.74, 6) is -0.597. The Morgan fingerprint density at radius 1 is 1.50 bits per heavy atom. The van der Waals surface area contributed by atoms with Gasteiger partial charge in [-0.15, -0.1) is 0 Å². The average molecular weight is 160 g/mol. The van der Waals surface area contributed by atoms with E-state index in [-0.39, 0.29) is 11.5 Å². The molecule has 1 heterocycles. The lowest BCUT2D eigenvalue weighted by molar-refractivity contribution is 0.601. The number of hydrogen-bond donors (Lipinski definition) is 1. The molecule has 2 atom stereocenters. The summed E-state index contributed by atoms with van der Waals surface area (Å²) in [6, 6.07) is 1.39. The Kier molecular flexibility index (Phi) is 1.67. The number of nitrogens with two attached hydrogens (primary N) is 1. The Morgan fingerprint density at radius 2 is 2.10 bits per heavy atom. The lowest BCUT2D eigenvalue weighted by Crippen LogP contribution is -2.27. The highest BCUT2D eigenvalue weighted by Crippen LogP contribution is 2.15. The van der Waals surface area contributed by atoms with Crippen LogP contribution in [-0.4, -0.2) is 26.0 Å². The summed E-state index contributed by atoms with van der Waals surface area (Å²) < 4.78 is 21.6. The molecule has 0 aromatic rings. The molecule has 5 heteroatoms. The summed E-state index contributed by atoms with van der Waals surface area (Å²) in [7, 11) is -3.00. The monoisotopic (exact) mass is 160 g/mol. The minimum absolute atomic E-state index is 0.0365. The molecule has 1 aliphatic heterocycles. The number of sulfone groups is 1. The maximum Gasteiger partial charge on any atom is 0.153 e. The van der Waals surface area contributed by atoms with Gasteiger partial charge in [0.1, 0.15) is 0 Å². The Bertz CT molecular complexity index is 264. The summed E-state index contributed by atoms with van der Waals surface area (Å²) in [5.41, 5.74) is 5.36. The van der Waals surface area contributed by atoms with Crippen molar-refractivity contribution in [3.8, 4) is 6.07 Å². The Hall–Kier alpha value is -0.600. The third-order valence-electron chi connectivity index (χ3n) is 1.56. The molecular formula is C5H8N2O2S. The van der Waals surface area contributed by atoms with Crippen LogP contribution in [0.3, 0.4) is 0 Å². The minimum Gasteiger partial charge on any atom is -0.326 e. The topological polar surface area (TPSA) is 84.0 Å². The molecular weight excluding hydrogens is 152 g/mol. The second-order valence-electron chi connectivity index (χ2n) is 2.48. The summed E-state index contributed by atoms with van der Waals surface area (Å²) in [6.07, 6.45) is 0. The van der Waals surface area contributed by atoms with Crippen molar-refractivity contribution >= 4 is 9.84 Å². The lowest BCUT2D eigenvalue weighted by atomic mass is 10.1. The van der Waals surface area contributed by atoms with Gasteiger partial charge in [0.15, 0.2) is 9.84 Å². The molecule has 0 aromatic heterocycles. The lowest BCUT2D eigenvalue weighted by Gasteiger charge is -2.00. The van der Waals surface area contributed by atoms with Crippen LogP contribution in [0.25, 0.3) is 0 Å². The zero-order valence-electron chi connectivity index (χ0n) is 5.32. The third-order valence-corrected chi connectivity index (χ3v) is 3.32. The van der Waals surface area contributed by atoms with E-state index in [0.717, 1.165) is 0 Å². The van der Waals surface area contributed by atoms with Crippen LogP contribution in [-0.2, 0) is 9.84 Å². The fourth-order valence-electron chi connectivity index (χ4n) is 1.01. The molecule has 2 N–H and O–H groups in total. The number of hydrogen-bond acceptors (Lipinski definition) is 4. The summed E-state index contributed by atoms with van der Waals surface area (Å²) in [6.45, 7) is 0. The normalized spacial score (nSPS) is 37.2. The van der Waals surface area contributed by atoms with Crippen molar-refractivity contribution in [3.63, 3.8) is 0 Å². The van der Waals surface area contributed by atoms with Crippen molar-refractivity contribution in [2.75, 3.05) is 11.5 Å². The van der Waals surface area contributed by atoms with Crippen LogP contribution in [0.15, 0.2) is 0 Å². The summed E-state index contributed by atoms with van der Waals surface area (Å²) in [5, 5.41) is 8.37. The van der Waals surface area contributed by atoms with Crippen LogP contribution in [0.5, 0.6) is 0 Å². The van der Waals surface area contributed by atoms with E-state index < -0.39 is 21.8 Å². The van der Waals surface area contributed by atoms with Gasteiger partial charge in [0.2, 0.25) is 0 Å². The van der Waals surface area contributed by atoms with Gasteiger partial charge in [0.05, 0.1) is 23.5 Å². The van der Waals surface area contributed by atoms with Gasteiger partial charge in [0, 0.05) is 6.04 Å². The van der Waals surface area contributed by atoms with Gasteiger partial charge in [-0.25, -0.2) is 8.42 Å². The van der Waals surface area contributed by atoms with E-state index in [1.165, 1.54) is 0 Å². The van der Waals surface area contributed by atoms with Gasteiger partial charge in [-0.05, 0) is 0 Å². The van der Waals surface area contributed by atoms with Crippen LogP contribution in [0.2, 0.25) is 0 Å². The molecule has 10 heavy (non-hydrogen) atoms. The van der Waals surface area contributed by atoms with E-state index in [4.69, 9.17) is 11.0 Å². The van der Waals surface area contributed by atoms with Crippen LogP contribution in [0.4, 0.5) is 0 Å². The quantitative estimate of drug-likeness (QED) is 0.486. The van der Waals surface area contributed by atoms with Crippen molar-refractivity contribution in [1.29, 1.82) is 5.26 Å². The van der Waals surface area contributed by atoms with E-state index in [1.807, 2.05) is 6.07 Å². The van der Waals surface area contributed by atoms with Gasteiger partial charge < -0.3 is 5.73 Å². The van der Waals surface area contributed by atoms with Crippen LogP contribution >= 0.6 is 0 Å². The minimum atomic E-state index is -3.00. The molecule has 0 spiro atoms. The van der Waals surface area contributed by atoms with Gasteiger partial charge in [-0.1, -0.05) is 0 Å². The SMILES string of the molecule is N#C[C@H]1CS(=O)(=O)C[C@@H]1N. The second-order valence-corrected chi connectivity index (χ2v) is 4.63. The summed E-state index contributed by atoms with van der Waals surface area (Å²) in [4.78, 5) is 0. The van der Waals surface area contributed by atoms with E-state index in [0.29, 0.717) is 0 Å². The second kappa shape index (κ2) is 2.22. The molecule has 4 nitrogen and oxygen atoms in total. The predicted octanol–water partition coefficient (Wildman–Crippen LogP) is -1.12. The molecule has 0 unspecified atom stereocenters. The Morgan fingerprint density at radius 3 is 2.30 bits per heavy atom. The maximum absolute atomic E-state index is 10.8. The van der Waals surface area contributed by atoms with Gasteiger partial charge in [-0.2, -0.15) is 5.26 Å². The first kappa shape index (κ1) is 7.51. The number of nitriles is 1. The van der Waals surface area contributed by atoms with Crippen molar-refractivity contribution < 1.29 is 8.42 Å². The number of rotatable bonds is 0. The standard InChI is InChI=1S/C5H8N2O2S/c6-1-4-2-10(8,9)3-5(4)7/h4-5H,2-3,7H2/t4-,5-/m0/s1. The molecule has 1 rings (SSSR count). The van der Waals surface area contributed by atoms with Crippen molar-refractivity contribution in [2.45, 2.75) is 6.04 Å². The first-order valence-electron chi connectivity index (χ1n) is 2.91. The van der Waals surface area contributed by atoms with Crippen molar-refractivity contribution in [2.24, 2.45) is 11.7 Å². The molecule has 1 aliphatic rings. The molecule has 0 aromatic carbocycles. The molecule has 0 aliphatic carbocycles. The highest BCUT2D eigenvalue weighted by Gasteiger charge is 2.34. The summed E-state index contributed by atoms with van der Waals surface area (Å²) >= 11 is 0. The first-order valence-corrected chi connectivity index (χ1v) is 4.73. The van der Waals surface area contributed by atoms with Crippen LogP contribution < -0.4 is 5.73 Å². The average Bonchev–Trinajstić information content (AvgIpc) is 2.05. The molecule has 1 fully saturated rings. The zero-order chi connectivity index (χ0) is 7.78. The first-order chi connectivity index (χ1) is 4.55. The Labute approximate surface area is 59.6 Å². The number of nitrogens with zero attached hydrogens (tertiary/aromatic N) is 1. The van der Waals surface area contributed by atoms with E-state index >= 15 is 0 Å². The molecule has 1 saturated heterocycles. The van der Waals surface area contributed by atoms with E-state index in [2.05, 4.69) is 0 Å². The predicted molar refractivity (Wildman–Crippen MR) is 35.7 cm³/mol. The smallest absolute Gasteiger partial charge is 0.153 e. The maximum atomic E-state index is 10.8. The van der Waals surface area contributed by atoms with E-state index in [1.54, 1.807) is 0 Å². The highest BCUT2D eigenvalue weighted by atomic mass is 32.2. The fraction of sp³-hybridized carbons (Fsp3) is 0.800. The largest absolute Gasteiger partial charge is 0.326 e. The molecule has 0 saturated carbocycles. The van der Waals surface area contributed by atoms with Crippen molar-refractivity contribution in [3.05, 3.63) is 0 Å². The fourth-order valence-corrected chi connectivity index (χ4v) is 2.83. The Balaban J connectivity index is 2.83. The van der Waals surface area contributed by atoms with E-state index in [9.17, 15) is 8.42 Å². The van der Waals surface area contributed by atoms with Crippen LogP contribution in [0, 0.1) is 17.2 Å².